The van der Waals surface area contributed by atoms with Crippen LogP contribution in [0.2, 0.25) is 0 Å². The lowest BCUT2D eigenvalue weighted by atomic mass is 9.98. The summed E-state index contributed by atoms with van der Waals surface area (Å²) in [5.74, 6) is -0.614. The Morgan fingerprint density at radius 2 is 2.20 bits per heavy atom. The summed E-state index contributed by atoms with van der Waals surface area (Å²) in [5.41, 5.74) is 0. The van der Waals surface area contributed by atoms with Crippen molar-refractivity contribution in [3.63, 3.8) is 0 Å². The molecule has 5 nitrogen and oxygen atoms in total. The number of hydrogen-bond acceptors (Lipinski definition) is 4. The van der Waals surface area contributed by atoms with Gasteiger partial charge in [-0.1, -0.05) is 13.3 Å². The Labute approximate surface area is 123 Å². The molecule has 20 heavy (non-hydrogen) atoms. The number of aromatic carboxylic acids is 1. The molecular weight excluding hydrogens is 298 g/mol. The maximum atomic E-state index is 12.6. The number of sulfonamides is 1. The second kappa shape index (κ2) is 6.24. The molecule has 1 aliphatic heterocycles. The zero-order valence-corrected chi connectivity index (χ0v) is 13.0. The predicted octanol–water partition coefficient (Wildman–Crippen LogP) is 2.65. The van der Waals surface area contributed by atoms with E-state index in [0.717, 1.165) is 37.0 Å². The molecule has 1 N–H and O–H groups in total. The Hall–Kier alpha value is -0.920. The van der Waals surface area contributed by atoms with Gasteiger partial charge in [0.2, 0.25) is 10.0 Å². The SMILES string of the molecule is CCC1CCCN(S(=O)(=O)c2ccsc2C(=O)O)CC1. The monoisotopic (exact) mass is 317 g/mol. The summed E-state index contributed by atoms with van der Waals surface area (Å²) < 4.78 is 26.6. The first-order valence-electron chi connectivity index (χ1n) is 6.77. The average Bonchev–Trinajstić information content (AvgIpc) is 2.78. The Morgan fingerprint density at radius 3 is 2.85 bits per heavy atom. The highest BCUT2D eigenvalue weighted by molar-refractivity contribution is 7.89. The maximum absolute atomic E-state index is 12.6. The van der Waals surface area contributed by atoms with E-state index in [1.807, 2.05) is 0 Å². The molecule has 1 fully saturated rings. The van der Waals surface area contributed by atoms with Gasteiger partial charge in [0.25, 0.3) is 0 Å². The van der Waals surface area contributed by atoms with Gasteiger partial charge in [-0.2, -0.15) is 4.31 Å². The van der Waals surface area contributed by atoms with Crippen LogP contribution in [-0.2, 0) is 10.0 Å². The van der Waals surface area contributed by atoms with Gasteiger partial charge < -0.3 is 5.11 Å². The van der Waals surface area contributed by atoms with Gasteiger partial charge >= 0.3 is 5.97 Å². The molecule has 0 radical (unpaired) electrons. The van der Waals surface area contributed by atoms with Gasteiger partial charge in [0.05, 0.1) is 0 Å². The Morgan fingerprint density at radius 1 is 1.45 bits per heavy atom. The lowest BCUT2D eigenvalue weighted by molar-refractivity contribution is 0.0698. The predicted molar refractivity (Wildman–Crippen MR) is 77.7 cm³/mol. The van der Waals surface area contributed by atoms with Gasteiger partial charge in [-0.05, 0) is 36.6 Å². The van der Waals surface area contributed by atoms with Crippen molar-refractivity contribution in [3.05, 3.63) is 16.3 Å². The fourth-order valence-corrected chi connectivity index (χ4v) is 5.31. The summed E-state index contributed by atoms with van der Waals surface area (Å²) in [4.78, 5) is 10.9. The Kier molecular flexibility index (Phi) is 4.82. The Balaban J connectivity index is 2.26. The molecule has 1 aromatic rings. The van der Waals surface area contributed by atoms with E-state index in [-0.39, 0.29) is 9.77 Å². The molecule has 1 unspecified atom stereocenters. The summed E-state index contributed by atoms with van der Waals surface area (Å²) >= 11 is 0.953. The number of hydrogen-bond donors (Lipinski definition) is 1. The van der Waals surface area contributed by atoms with E-state index in [9.17, 15) is 13.2 Å². The molecule has 0 aromatic carbocycles. The highest BCUT2D eigenvalue weighted by Gasteiger charge is 2.31. The molecule has 1 aliphatic rings. The molecule has 1 saturated heterocycles. The van der Waals surface area contributed by atoms with Gasteiger partial charge in [-0.15, -0.1) is 11.3 Å². The second-order valence-electron chi connectivity index (χ2n) is 5.03. The molecule has 1 aromatic heterocycles. The van der Waals surface area contributed by atoms with Crippen molar-refractivity contribution in [3.8, 4) is 0 Å². The quantitative estimate of drug-likeness (QED) is 0.926. The fraction of sp³-hybridized carbons (Fsp3) is 0.615. The molecule has 0 spiro atoms. The minimum atomic E-state index is -3.69. The fourth-order valence-electron chi connectivity index (χ4n) is 2.58. The van der Waals surface area contributed by atoms with Crippen LogP contribution in [0, 0.1) is 5.92 Å². The van der Waals surface area contributed by atoms with E-state index in [4.69, 9.17) is 5.11 Å². The summed E-state index contributed by atoms with van der Waals surface area (Å²) in [6.45, 7) is 3.08. The number of nitrogens with zero attached hydrogens (tertiary/aromatic N) is 1. The third kappa shape index (κ3) is 3.05. The van der Waals surface area contributed by atoms with Crippen molar-refractivity contribution >= 4 is 27.3 Å². The van der Waals surface area contributed by atoms with Crippen LogP contribution in [-0.4, -0.2) is 36.9 Å². The van der Waals surface area contributed by atoms with Gasteiger partial charge in [0, 0.05) is 13.1 Å². The van der Waals surface area contributed by atoms with Crippen LogP contribution in [0.1, 0.15) is 42.3 Å². The van der Waals surface area contributed by atoms with E-state index in [2.05, 4.69) is 6.92 Å². The topological polar surface area (TPSA) is 74.7 Å². The van der Waals surface area contributed by atoms with Gasteiger partial charge in [-0.25, -0.2) is 13.2 Å². The third-order valence-corrected chi connectivity index (χ3v) is 6.80. The number of thiophene rings is 1. The van der Waals surface area contributed by atoms with Crippen LogP contribution in [0.25, 0.3) is 0 Å². The van der Waals surface area contributed by atoms with Gasteiger partial charge in [0.15, 0.2) is 0 Å². The zero-order valence-electron chi connectivity index (χ0n) is 11.4. The normalized spacial score (nSPS) is 21.6. The van der Waals surface area contributed by atoms with Crippen LogP contribution < -0.4 is 0 Å². The lowest BCUT2D eigenvalue weighted by Gasteiger charge is -2.20. The van der Waals surface area contributed by atoms with Crippen molar-refractivity contribution < 1.29 is 18.3 Å². The van der Waals surface area contributed by atoms with E-state index < -0.39 is 16.0 Å². The standard InChI is InChI=1S/C13H19NO4S2/c1-2-10-4-3-7-14(8-5-10)20(17,18)11-6-9-19-12(11)13(15)16/h6,9-10H,2-5,7-8H2,1H3,(H,15,16). The first kappa shape index (κ1) is 15.5. The van der Waals surface area contributed by atoms with Crippen molar-refractivity contribution in [2.24, 2.45) is 5.92 Å². The van der Waals surface area contributed by atoms with E-state index >= 15 is 0 Å². The second-order valence-corrected chi connectivity index (χ2v) is 7.85. The molecule has 112 valence electrons. The molecule has 0 amide bonds. The van der Waals surface area contributed by atoms with Crippen LogP contribution in [0.15, 0.2) is 16.3 Å². The smallest absolute Gasteiger partial charge is 0.347 e. The largest absolute Gasteiger partial charge is 0.477 e. The van der Waals surface area contributed by atoms with Crippen molar-refractivity contribution in [1.82, 2.24) is 4.31 Å². The summed E-state index contributed by atoms with van der Waals surface area (Å²) in [5, 5.41) is 10.6. The number of carboxylic acid groups (broad SMARTS) is 1. The molecule has 0 aliphatic carbocycles. The number of rotatable bonds is 4. The van der Waals surface area contributed by atoms with Crippen LogP contribution >= 0.6 is 11.3 Å². The van der Waals surface area contributed by atoms with Crippen LogP contribution in [0.4, 0.5) is 0 Å². The molecule has 0 saturated carbocycles. The minimum Gasteiger partial charge on any atom is -0.477 e. The highest BCUT2D eigenvalue weighted by atomic mass is 32.2. The summed E-state index contributed by atoms with van der Waals surface area (Å²) in [6, 6.07) is 1.39. The van der Waals surface area contributed by atoms with Crippen molar-refractivity contribution in [1.29, 1.82) is 0 Å². The molecule has 1 atom stereocenters. The highest BCUT2D eigenvalue weighted by Crippen LogP contribution is 2.28. The van der Waals surface area contributed by atoms with E-state index in [0.29, 0.717) is 19.0 Å². The van der Waals surface area contributed by atoms with Crippen molar-refractivity contribution in [2.75, 3.05) is 13.1 Å². The number of carbonyl (C=O) groups is 1. The van der Waals surface area contributed by atoms with Gasteiger partial charge in [0.1, 0.15) is 9.77 Å². The number of carboxylic acids is 1. The maximum Gasteiger partial charge on any atom is 0.347 e. The third-order valence-electron chi connectivity index (χ3n) is 3.83. The molecule has 7 heteroatoms. The van der Waals surface area contributed by atoms with E-state index in [1.54, 1.807) is 0 Å². The first-order valence-corrected chi connectivity index (χ1v) is 9.09. The first-order chi connectivity index (χ1) is 9.46. The summed E-state index contributed by atoms with van der Waals surface area (Å²) in [6.07, 6.45) is 3.79. The summed E-state index contributed by atoms with van der Waals surface area (Å²) in [7, 11) is -3.69. The zero-order chi connectivity index (χ0) is 14.8. The van der Waals surface area contributed by atoms with Crippen molar-refractivity contribution in [2.45, 2.75) is 37.5 Å². The molecule has 2 rings (SSSR count). The Bertz CT molecular complexity index is 579. The average molecular weight is 317 g/mol. The minimum absolute atomic E-state index is 0.0649. The molecule has 0 bridgehead atoms. The van der Waals surface area contributed by atoms with Crippen LogP contribution in [0.5, 0.6) is 0 Å². The van der Waals surface area contributed by atoms with Crippen LogP contribution in [0.3, 0.4) is 0 Å². The van der Waals surface area contributed by atoms with Gasteiger partial charge in [-0.3, -0.25) is 0 Å². The van der Waals surface area contributed by atoms with E-state index in [1.165, 1.54) is 15.8 Å². The lowest BCUT2D eigenvalue weighted by Crippen LogP contribution is -2.32. The molecule has 2 heterocycles. The molecular formula is C13H19NO4S2.